The van der Waals surface area contributed by atoms with Crippen LogP contribution in [0.3, 0.4) is 0 Å². The Morgan fingerprint density at radius 2 is 1.81 bits per heavy atom. The Morgan fingerprint density at radius 3 is 2.59 bits per heavy atom. The minimum Gasteiger partial charge on any atom is -0.618 e. The Balaban J connectivity index is 1.84. The van der Waals surface area contributed by atoms with Gasteiger partial charge in [0.05, 0.1) is 12.2 Å². The molecule has 0 aliphatic carbocycles. The molecule has 0 amide bonds. The van der Waals surface area contributed by atoms with Gasteiger partial charge in [0.25, 0.3) is 0 Å². The Morgan fingerprint density at radius 1 is 1.00 bits per heavy atom. The van der Waals surface area contributed by atoms with E-state index in [1.165, 1.54) is 5.56 Å². The molecule has 0 fully saturated rings. The molecule has 1 heterocycles. The maximum Gasteiger partial charge on any atom is 0.340 e. The summed E-state index contributed by atoms with van der Waals surface area (Å²) in [7, 11) is 0. The van der Waals surface area contributed by atoms with Crippen LogP contribution in [0.25, 0.3) is 22.1 Å². The summed E-state index contributed by atoms with van der Waals surface area (Å²) in [5.74, 6) is -0.476. The van der Waals surface area contributed by atoms with Crippen LogP contribution in [0.4, 0.5) is 0 Å². The molecule has 0 N–H and O–H groups in total. The molecule has 0 bridgehead atoms. The summed E-state index contributed by atoms with van der Waals surface area (Å²) in [5, 5.41) is 12.9. The molecule has 0 saturated carbocycles. The summed E-state index contributed by atoms with van der Waals surface area (Å²) in [4.78, 5) is 16.8. The van der Waals surface area contributed by atoms with Crippen molar-refractivity contribution in [2.24, 2.45) is 0 Å². The van der Waals surface area contributed by atoms with E-state index in [-0.39, 0.29) is 6.61 Å². The Bertz CT molecular complexity index is 1140. The fraction of sp³-hybridized carbons (Fsp3) is 0.136. The number of carbonyl (C=O) groups is 1. The summed E-state index contributed by atoms with van der Waals surface area (Å²) in [6.45, 7) is 2.01. The molecule has 5 nitrogen and oxygen atoms in total. The van der Waals surface area contributed by atoms with E-state index in [9.17, 15) is 10.0 Å². The Kier molecular flexibility index (Phi) is 4.42. The zero-order valence-corrected chi connectivity index (χ0v) is 14.9. The SMILES string of the molecule is CCOC(=O)c1cccc2c1nc1ccc(Cc3ccccc3)cc1[n+]2[O-]. The highest BCUT2D eigenvalue weighted by molar-refractivity contribution is 6.02. The van der Waals surface area contributed by atoms with Crippen molar-refractivity contribution >= 4 is 28.0 Å². The van der Waals surface area contributed by atoms with Crippen molar-refractivity contribution in [1.29, 1.82) is 0 Å². The lowest BCUT2D eigenvalue weighted by Gasteiger charge is -2.09. The molecule has 5 heteroatoms. The topological polar surface area (TPSA) is 66.1 Å². The standard InChI is InChI=1S/C22H18N2O3/c1-2-27-22(25)17-9-6-10-19-21(17)23-18-12-11-16(14-20(18)24(19)26)13-15-7-4-3-5-8-15/h3-12,14H,2,13H2,1H3. The molecule has 134 valence electrons. The van der Waals surface area contributed by atoms with Gasteiger partial charge < -0.3 is 9.94 Å². The number of rotatable bonds is 4. The molecular formula is C22H18N2O3. The molecule has 4 rings (SSSR count). The number of fused-ring (bicyclic) bond motifs is 2. The highest BCUT2D eigenvalue weighted by Crippen LogP contribution is 2.21. The van der Waals surface area contributed by atoms with Crippen LogP contribution < -0.4 is 4.73 Å². The lowest BCUT2D eigenvalue weighted by molar-refractivity contribution is -0.548. The van der Waals surface area contributed by atoms with E-state index in [4.69, 9.17) is 4.74 Å². The molecule has 0 aliphatic rings. The predicted octanol–water partition coefficient (Wildman–Crippen LogP) is 3.79. The molecule has 0 spiro atoms. The van der Waals surface area contributed by atoms with Crippen molar-refractivity contribution in [2.75, 3.05) is 6.61 Å². The largest absolute Gasteiger partial charge is 0.618 e. The van der Waals surface area contributed by atoms with E-state index in [0.29, 0.717) is 27.6 Å². The second-order valence-corrected chi connectivity index (χ2v) is 6.29. The van der Waals surface area contributed by atoms with Crippen molar-refractivity contribution in [3.05, 3.63) is 88.6 Å². The van der Waals surface area contributed by atoms with Crippen LogP contribution in [0, 0.1) is 5.21 Å². The zero-order chi connectivity index (χ0) is 18.8. The Labute approximate surface area is 156 Å². The lowest BCUT2D eigenvalue weighted by atomic mass is 10.0. The molecular weight excluding hydrogens is 340 g/mol. The van der Waals surface area contributed by atoms with Crippen LogP contribution in [0.5, 0.6) is 0 Å². The number of esters is 1. The third-order valence-corrected chi connectivity index (χ3v) is 4.47. The van der Waals surface area contributed by atoms with Gasteiger partial charge in [-0.15, -0.1) is 0 Å². The summed E-state index contributed by atoms with van der Waals surface area (Å²) < 4.78 is 5.93. The van der Waals surface area contributed by atoms with Gasteiger partial charge in [-0.1, -0.05) is 42.5 Å². The lowest BCUT2D eigenvalue weighted by Crippen LogP contribution is -2.29. The highest BCUT2D eigenvalue weighted by Gasteiger charge is 2.19. The fourth-order valence-electron chi connectivity index (χ4n) is 3.20. The van der Waals surface area contributed by atoms with Crippen molar-refractivity contribution in [3.63, 3.8) is 0 Å². The van der Waals surface area contributed by atoms with Gasteiger partial charge in [0.2, 0.25) is 11.0 Å². The number of ether oxygens (including phenoxy) is 1. The van der Waals surface area contributed by atoms with Crippen LogP contribution in [-0.2, 0) is 11.2 Å². The van der Waals surface area contributed by atoms with Crippen molar-refractivity contribution in [1.82, 2.24) is 4.98 Å². The summed E-state index contributed by atoms with van der Waals surface area (Å²) in [6, 6.07) is 20.7. The molecule has 4 aromatic rings. The molecule has 0 radical (unpaired) electrons. The first kappa shape index (κ1) is 17.0. The van der Waals surface area contributed by atoms with E-state index in [1.54, 1.807) is 25.1 Å². The average Bonchev–Trinajstić information content (AvgIpc) is 2.69. The summed E-state index contributed by atoms with van der Waals surface area (Å²) in [6.07, 6.45) is 0.734. The fourth-order valence-corrected chi connectivity index (χ4v) is 3.20. The van der Waals surface area contributed by atoms with Gasteiger partial charge in [0, 0.05) is 12.1 Å². The third-order valence-electron chi connectivity index (χ3n) is 4.47. The summed E-state index contributed by atoms with van der Waals surface area (Å²) in [5.41, 5.74) is 4.24. The van der Waals surface area contributed by atoms with Crippen LogP contribution in [0.15, 0.2) is 66.7 Å². The molecule has 0 saturated heterocycles. The van der Waals surface area contributed by atoms with Crippen LogP contribution >= 0.6 is 0 Å². The van der Waals surface area contributed by atoms with Gasteiger partial charge in [-0.05, 0) is 36.6 Å². The normalized spacial score (nSPS) is 11.0. The van der Waals surface area contributed by atoms with E-state index in [2.05, 4.69) is 17.1 Å². The van der Waals surface area contributed by atoms with Gasteiger partial charge >= 0.3 is 5.97 Å². The first-order valence-electron chi connectivity index (χ1n) is 8.83. The van der Waals surface area contributed by atoms with E-state index < -0.39 is 5.97 Å². The van der Waals surface area contributed by atoms with E-state index in [1.807, 2.05) is 36.4 Å². The van der Waals surface area contributed by atoms with Gasteiger partial charge in [0.15, 0.2) is 5.52 Å². The smallest absolute Gasteiger partial charge is 0.340 e. The maximum absolute atomic E-state index is 12.9. The maximum atomic E-state index is 12.9. The van der Waals surface area contributed by atoms with Crippen molar-refractivity contribution < 1.29 is 14.3 Å². The number of carbonyl (C=O) groups excluding carboxylic acids is 1. The van der Waals surface area contributed by atoms with Crippen LogP contribution in [-0.4, -0.2) is 17.6 Å². The monoisotopic (exact) mass is 358 g/mol. The van der Waals surface area contributed by atoms with Crippen molar-refractivity contribution in [2.45, 2.75) is 13.3 Å². The number of hydrogen-bond acceptors (Lipinski definition) is 4. The number of nitrogens with zero attached hydrogens (tertiary/aromatic N) is 2. The first-order valence-corrected chi connectivity index (χ1v) is 8.83. The van der Waals surface area contributed by atoms with Gasteiger partial charge in [-0.2, -0.15) is 4.73 Å². The minimum atomic E-state index is -0.476. The molecule has 0 aliphatic heterocycles. The van der Waals surface area contributed by atoms with E-state index in [0.717, 1.165) is 16.7 Å². The predicted molar refractivity (Wildman–Crippen MR) is 103 cm³/mol. The summed E-state index contributed by atoms with van der Waals surface area (Å²) >= 11 is 0. The molecule has 0 unspecified atom stereocenters. The minimum absolute atomic E-state index is 0.267. The van der Waals surface area contributed by atoms with E-state index >= 15 is 0 Å². The number of para-hydroxylation sites is 1. The molecule has 27 heavy (non-hydrogen) atoms. The first-order chi connectivity index (χ1) is 13.2. The van der Waals surface area contributed by atoms with Gasteiger partial charge in [-0.25, -0.2) is 9.78 Å². The number of hydrogen-bond donors (Lipinski definition) is 0. The van der Waals surface area contributed by atoms with Crippen molar-refractivity contribution in [3.8, 4) is 0 Å². The number of benzene rings is 3. The quantitative estimate of drug-likeness (QED) is 0.241. The van der Waals surface area contributed by atoms with Gasteiger partial charge in [0.1, 0.15) is 5.52 Å². The average molecular weight is 358 g/mol. The Hall–Kier alpha value is -3.47. The molecule has 3 aromatic carbocycles. The number of aromatic nitrogens is 2. The van der Waals surface area contributed by atoms with Gasteiger partial charge in [-0.3, -0.25) is 0 Å². The molecule has 1 aromatic heterocycles. The van der Waals surface area contributed by atoms with Crippen LogP contribution in [0.2, 0.25) is 0 Å². The zero-order valence-electron chi connectivity index (χ0n) is 14.9. The second-order valence-electron chi connectivity index (χ2n) is 6.29. The highest BCUT2D eigenvalue weighted by atomic mass is 16.5. The van der Waals surface area contributed by atoms with Crippen LogP contribution in [0.1, 0.15) is 28.4 Å². The second kappa shape index (κ2) is 7.03. The third kappa shape index (κ3) is 3.19. The molecule has 0 atom stereocenters.